The zero-order valence-electron chi connectivity index (χ0n) is 9.86. The van der Waals surface area contributed by atoms with Crippen LogP contribution < -0.4 is 5.32 Å². The first kappa shape index (κ1) is 12.5. The van der Waals surface area contributed by atoms with Crippen LogP contribution in [-0.4, -0.2) is 47.7 Å². The Morgan fingerprint density at radius 2 is 2.27 bits per heavy atom. The molecule has 0 bridgehead atoms. The SMILES string of the molecule is CC(C)NC(=O)CN1CCC(O)C(C)C1. The highest BCUT2D eigenvalue weighted by molar-refractivity contribution is 5.78. The fourth-order valence-electron chi connectivity index (χ4n) is 1.93. The largest absolute Gasteiger partial charge is 0.393 e. The van der Waals surface area contributed by atoms with Crippen molar-refractivity contribution in [3.05, 3.63) is 0 Å². The first-order chi connectivity index (χ1) is 6.99. The summed E-state index contributed by atoms with van der Waals surface area (Å²) in [5.74, 6) is 0.346. The molecule has 0 aromatic heterocycles. The van der Waals surface area contributed by atoms with Crippen molar-refractivity contribution in [2.75, 3.05) is 19.6 Å². The number of aliphatic hydroxyl groups excluding tert-OH is 1. The molecule has 2 N–H and O–H groups in total. The molecule has 1 rings (SSSR count). The van der Waals surface area contributed by atoms with E-state index in [4.69, 9.17) is 0 Å². The molecule has 4 heteroatoms. The molecule has 0 spiro atoms. The second-order valence-electron chi connectivity index (χ2n) is 4.79. The van der Waals surface area contributed by atoms with Gasteiger partial charge in [-0.15, -0.1) is 0 Å². The molecule has 1 heterocycles. The number of carbonyl (C=O) groups is 1. The Bertz CT molecular complexity index is 219. The number of hydrogen-bond acceptors (Lipinski definition) is 3. The number of carbonyl (C=O) groups excluding carboxylic acids is 1. The average Bonchev–Trinajstić information content (AvgIpc) is 2.10. The van der Waals surface area contributed by atoms with E-state index in [1.54, 1.807) is 0 Å². The van der Waals surface area contributed by atoms with Crippen LogP contribution in [0.5, 0.6) is 0 Å². The van der Waals surface area contributed by atoms with Crippen LogP contribution in [0.1, 0.15) is 27.2 Å². The third kappa shape index (κ3) is 4.18. The molecule has 2 atom stereocenters. The van der Waals surface area contributed by atoms with Gasteiger partial charge in [-0.05, 0) is 26.2 Å². The summed E-state index contributed by atoms with van der Waals surface area (Å²) in [5, 5.41) is 12.4. The number of hydrogen-bond donors (Lipinski definition) is 2. The number of piperidine rings is 1. The summed E-state index contributed by atoms with van der Waals surface area (Å²) in [6.07, 6.45) is 0.574. The van der Waals surface area contributed by atoms with Gasteiger partial charge >= 0.3 is 0 Å². The Labute approximate surface area is 91.6 Å². The zero-order chi connectivity index (χ0) is 11.4. The maximum atomic E-state index is 11.5. The van der Waals surface area contributed by atoms with Crippen LogP contribution in [0.3, 0.4) is 0 Å². The Morgan fingerprint density at radius 3 is 2.80 bits per heavy atom. The van der Waals surface area contributed by atoms with Gasteiger partial charge in [-0.3, -0.25) is 9.69 Å². The van der Waals surface area contributed by atoms with Crippen molar-refractivity contribution in [2.24, 2.45) is 5.92 Å². The highest BCUT2D eigenvalue weighted by atomic mass is 16.3. The second-order valence-corrected chi connectivity index (χ2v) is 4.79. The van der Waals surface area contributed by atoms with Gasteiger partial charge in [-0.25, -0.2) is 0 Å². The van der Waals surface area contributed by atoms with E-state index in [0.717, 1.165) is 19.5 Å². The van der Waals surface area contributed by atoms with Crippen LogP contribution in [0.4, 0.5) is 0 Å². The molecule has 1 saturated heterocycles. The smallest absolute Gasteiger partial charge is 0.234 e. The van der Waals surface area contributed by atoms with Crippen molar-refractivity contribution < 1.29 is 9.90 Å². The Hall–Kier alpha value is -0.610. The van der Waals surface area contributed by atoms with Crippen LogP contribution in [0.25, 0.3) is 0 Å². The molecule has 1 aliphatic heterocycles. The van der Waals surface area contributed by atoms with Crippen molar-refractivity contribution in [3.63, 3.8) is 0 Å². The fraction of sp³-hybridized carbons (Fsp3) is 0.909. The van der Waals surface area contributed by atoms with Crippen LogP contribution in [0.2, 0.25) is 0 Å². The number of aliphatic hydroxyl groups is 1. The monoisotopic (exact) mass is 214 g/mol. The summed E-state index contributed by atoms with van der Waals surface area (Å²) in [4.78, 5) is 13.6. The summed E-state index contributed by atoms with van der Waals surface area (Å²) < 4.78 is 0. The fourth-order valence-corrected chi connectivity index (χ4v) is 1.93. The molecule has 0 aromatic carbocycles. The molecule has 0 radical (unpaired) electrons. The molecular formula is C11H22N2O2. The summed E-state index contributed by atoms with van der Waals surface area (Å²) in [7, 11) is 0. The van der Waals surface area contributed by atoms with Gasteiger partial charge in [-0.1, -0.05) is 6.92 Å². The maximum absolute atomic E-state index is 11.5. The second kappa shape index (κ2) is 5.47. The van der Waals surface area contributed by atoms with Crippen molar-refractivity contribution in [1.82, 2.24) is 10.2 Å². The lowest BCUT2D eigenvalue weighted by atomic mass is 9.97. The molecular weight excluding hydrogens is 192 g/mol. The third-order valence-corrected chi connectivity index (χ3v) is 2.76. The highest BCUT2D eigenvalue weighted by Gasteiger charge is 2.25. The van der Waals surface area contributed by atoms with Gasteiger partial charge in [-0.2, -0.15) is 0 Å². The van der Waals surface area contributed by atoms with Crippen LogP contribution in [0, 0.1) is 5.92 Å². The predicted octanol–water partition coefficient (Wildman–Crippen LogP) is 0.214. The molecule has 0 aromatic rings. The van der Waals surface area contributed by atoms with Gasteiger partial charge in [0, 0.05) is 19.1 Å². The molecule has 1 aliphatic rings. The number of amides is 1. The lowest BCUT2D eigenvalue weighted by Gasteiger charge is -2.33. The maximum Gasteiger partial charge on any atom is 0.234 e. The number of nitrogens with one attached hydrogen (secondary N) is 1. The van der Waals surface area contributed by atoms with Crippen LogP contribution >= 0.6 is 0 Å². The Kier molecular flexibility index (Phi) is 4.54. The molecule has 2 unspecified atom stereocenters. The predicted molar refractivity (Wildman–Crippen MR) is 59.5 cm³/mol. The quantitative estimate of drug-likeness (QED) is 0.706. The Balaban J connectivity index is 2.30. The summed E-state index contributed by atoms with van der Waals surface area (Å²) in [6.45, 7) is 8.02. The zero-order valence-corrected chi connectivity index (χ0v) is 9.86. The number of rotatable bonds is 3. The minimum absolute atomic E-state index is 0.0774. The van der Waals surface area contributed by atoms with E-state index >= 15 is 0 Å². The van der Waals surface area contributed by atoms with E-state index in [-0.39, 0.29) is 24.0 Å². The average molecular weight is 214 g/mol. The summed E-state index contributed by atoms with van der Waals surface area (Å²) in [6, 6.07) is 0.199. The van der Waals surface area contributed by atoms with Crippen molar-refractivity contribution in [2.45, 2.75) is 39.3 Å². The van der Waals surface area contributed by atoms with E-state index < -0.39 is 0 Å². The standard InChI is InChI=1S/C11H22N2O2/c1-8(2)12-11(15)7-13-5-4-10(14)9(3)6-13/h8-10,14H,4-7H2,1-3H3,(H,12,15). The van der Waals surface area contributed by atoms with E-state index in [9.17, 15) is 9.90 Å². The van der Waals surface area contributed by atoms with Gasteiger partial charge in [0.1, 0.15) is 0 Å². The van der Waals surface area contributed by atoms with Gasteiger partial charge in [0.2, 0.25) is 5.91 Å². The van der Waals surface area contributed by atoms with Crippen LogP contribution in [0.15, 0.2) is 0 Å². The van der Waals surface area contributed by atoms with Crippen LogP contribution in [-0.2, 0) is 4.79 Å². The van der Waals surface area contributed by atoms with E-state index in [2.05, 4.69) is 10.2 Å². The molecule has 88 valence electrons. The highest BCUT2D eigenvalue weighted by Crippen LogP contribution is 2.15. The lowest BCUT2D eigenvalue weighted by Crippen LogP contribution is -2.47. The molecule has 1 amide bonds. The minimum Gasteiger partial charge on any atom is -0.393 e. The third-order valence-electron chi connectivity index (χ3n) is 2.76. The van der Waals surface area contributed by atoms with Gasteiger partial charge in [0.25, 0.3) is 0 Å². The summed E-state index contributed by atoms with van der Waals surface area (Å²) >= 11 is 0. The number of nitrogens with zero attached hydrogens (tertiary/aromatic N) is 1. The molecule has 0 aliphatic carbocycles. The van der Waals surface area contributed by atoms with Gasteiger partial charge in [0.15, 0.2) is 0 Å². The molecule has 4 nitrogen and oxygen atoms in total. The minimum atomic E-state index is -0.200. The summed E-state index contributed by atoms with van der Waals surface area (Å²) in [5.41, 5.74) is 0. The topological polar surface area (TPSA) is 52.6 Å². The lowest BCUT2D eigenvalue weighted by molar-refractivity contribution is -0.123. The molecule has 1 fully saturated rings. The van der Waals surface area contributed by atoms with Crippen molar-refractivity contribution in [1.29, 1.82) is 0 Å². The molecule has 15 heavy (non-hydrogen) atoms. The van der Waals surface area contributed by atoms with E-state index in [1.165, 1.54) is 0 Å². The van der Waals surface area contributed by atoms with Gasteiger partial charge in [0.05, 0.1) is 12.6 Å². The first-order valence-corrected chi connectivity index (χ1v) is 5.69. The number of likely N-dealkylation sites (tertiary alicyclic amines) is 1. The van der Waals surface area contributed by atoms with Crippen molar-refractivity contribution in [3.8, 4) is 0 Å². The Morgan fingerprint density at radius 1 is 1.60 bits per heavy atom. The first-order valence-electron chi connectivity index (χ1n) is 5.69. The van der Waals surface area contributed by atoms with E-state index in [0.29, 0.717) is 6.54 Å². The normalized spacial score (nSPS) is 28.1. The van der Waals surface area contributed by atoms with Gasteiger partial charge < -0.3 is 10.4 Å². The van der Waals surface area contributed by atoms with Crippen molar-refractivity contribution >= 4 is 5.91 Å². The molecule has 0 saturated carbocycles. The van der Waals surface area contributed by atoms with E-state index in [1.807, 2.05) is 20.8 Å².